The molecule has 1 aromatic rings. The van der Waals surface area contributed by atoms with Crippen molar-refractivity contribution in [2.45, 2.75) is 19.5 Å². The van der Waals surface area contributed by atoms with Gasteiger partial charge in [-0.25, -0.2) is 0 Å². The van der Waals surface area contributed by atoms with Crippen LogP contribution in [0.5, 0.6) is 0 Å². The summed E-state index contributed by atoms with van der Waals surface area (Å²) in [6.07, 6.45) is -4.19. The highest BCUT2D eigenvalue weighted by Crippen LogP contribution is 2.34. The maximum atomic E-state index is 12.6. The highest BCUT2D eigenvalue weighted by atomic mass is 35.5. The third-order valence-corrected chi connectivity index (χ3v) is 2.52. The van der Waals surface area contributed by atoms with Crippen LogP contribution < -0.4 is 10.6 Å². The molecule has 0 aliphatic carbocycles. The maximum Gasteiger partial charge on any atom is 0.416 e. The number of benzene rings is 1. The molecule has 19 heavy (non-hydrogen) atoms. The summed E-state index contributed by atoms with van der Waals surface area (Å²) in [6, 6.07) is 3.74. The zero-order chi connectivity index (χ0) is 13.8. The molecule has 1 rings (SSSR count). The van der Waals surface area contributed by atoms with Gasteiger partial charge in [-0.2, -0.15) is 13.2 Å². The second-order valence-corrected chi connectivity index (χ2v) is 3.88. The lowest BCUT2D eigenvalue weighted by Crippen LogP contribution is -2.20. The van der Waals surface area contributed by atoms with Gasteiger partial charge in [-0.15, -0.1) is 12.4 Å². The number of nitrogens with one attached hydrogen (secondary N) is 2. The molecule has 1 amide bonds. The Morgan fingerprint density at radius 1 is 1.32 bits per heavy atom. The van der Waals surface area contributed by atoms with Crippen LogP contribution in [-0.4, -0.2) is 19.5 Å². The minimum Gasteiger partial charge on any atom is -0.326 e. The second-order valence-electron chi connectivity index (χ2n) is 3.88. The van der Waals surface area contributed by atoms with E-state index >= 15 is 0 Å². The van der Waals surface area contributed by atoms with Crippen molar-refractivity contribution < 1.29 is 18.0 Å². The van der Waals surface area contributed by atoms with Crippen LogP contribution in [0.4, 0.5) is 18.9 Å². The monoisotopic (exact) mass is 296 g/mol. The van der Waals surface area contributed by atoms with Gasteiger partial charge in [0.25, 0.3) is 0 Å². The third-order valence-electron chi connectivity index (χ3n) is 2.52. The fourth-order valence-corrected chi connectivity index (χ4v) is 1.53. The Hall–Kier alpha value is -1.27. The molecule has 0 saturated heterocycles. The quantitative estimate of drug-likeness (QED) is 0.897. The number of rotatable bonds is 4. The average molecular weight is 297 g/mol. The number of hydrogen-bond donors (Lipinski definition) is 2. The SMILES string of the molecule is CNCCC(=O)Nc1cccc(C(F)(F)F)c1C.Cl. The first-order valence-electron chi connectivity index (χ1n) is 5.47. The van der Waals surface area contributed by atoms with E-state index in [-0.39, 0.29) is 36.0 Å². The molecule has 0 unspecified atom stereocenters. The zero-order valence-electron chi connectivity index (χ0n) is 10.6. The highest BCUT2D eigenvalue weighted by Gasteiger charge is 2.32. The van der Waals surface area contributed by atoms with Crippen molar-refractivity contribution in [1.29, 1.82) is 0 Å². The largest absolute Gasteiger partial charge is 0.416 e. The summed E-state index contributed by atoms with van der Waals surface area (Å²) >= 11 is 0. The molecule has 0 atom stereocenters. The fraction of sp³-hybridized carbons (Fsp3) is 0.417. The van der Waals surface area contributed by atoms with Crippen LogP contribution in [-0.2, 0) is 11.0 Å². The van der Waals surface area contributed by atoms with Gasteiger partial charge in [0.05, 0.1) is 5.56 Å². The molecule has 0 aliphatic rings. The number of alkyl halides is 3. The number of amides is 1. The third kappa shape index (κ3) is 5.08. The maximum absolute atomic E-state index is 12.6. The predicted octanol–water partition coefficient (Wildman–Crippen LogP) is 2.98. The lowest BCUT2D eigenvalue weighted by Gasteiger charge is -2.14. The Bertz CT molecular complexity index is 435. The number of hydrogen-bond acceptors (Lipinski definition) is 2. The molecule has 0 aromatic heterocycles. The van der Waals surface area contributed by atoms with Gasteiger partial charge in [-0.05, 0) is 31.7 Å². The van der Waals surface area contributed by atoms with E-state index in [1.54, 1.807) is 7.05 Å². The van der Waals surface area contributed by atoms with Gasteiger partial charge in [0, 0.05) is 18.7 Å². The fourth-order valence-electron chi connectivity index (χ4n) is 1.53. The Morgan fingerprint density at radius 2 is 1.95 bits per heavy atom. The van der Waals surface area contributed by atoms with Gasteiger partial charge in [-0.3, -0.25) is 4.79 Å². The van der Waals surface area contributed by atoms with Crippen LogP contribution in [0.2, 0.25) is 0 Å². The molecule has 0 aliphatic heterocycles. The van der Waals surface area contributed by atoms with E-state index in [0.29, 0.717) is 6.54 Å². The predicted molar refractivity (Wildman–Crippen MR) is 70.6 cm³/mol. The molecule has 0 bridgehead atoms. The molecule has 0 radical (unpaired) electrons. The lowest BCUT2D eigenvalue weighted by molar-refractivity contribution is -0.138. The van der Waals surface area contributed by atoms with Crippen LogP contribution in [0, 0.1) is 6.92 Å². The van der Waals surface area contributed by atoms with E-state index in [4.69, 9.17) is 0 Å². The Labute approximate surface area is 116 Å². The molecule has 3 nitrogen and oxygen atoms in total. The van der Waals surface area contributed by atoms with E-state index < -0.39 is 11.7 Å². The summed E-state index contributed by atoms with van der Waals surface area (Å²) in [5.74, 6) is -0.313. The van der Waals surface area contributed by atoms with Gasteiger partial charge >= 0.3 is 6.18 Å². The second kappa shape index (κ2) is 7.35. The first-order chi connectivity index (χ1) is 8.36. The Balaban J connectivity index is 0.00000324. The molecule has 1 aromatic carbocycles. The summed E-state index contributed by atoms with van der Waals surface area (Å²) < 4.78 is 37.9. The van der Waals surface area contributed by atoms with E-state index in [9.17, 15) is 18.0 Å². The smallest absolute Gasteiger partial charge is 0.326 e. The molecular formula is C12H16ClF3N2O. The van der Waals surface area contributed by atoms with Crippen molar-refractivity contribution in [3.63, 3.8) is 0 Å². The molecule has 108 valence electrons. The lowest BCUT2D eigenvalue weighted by atomic mass is 10.1. The molecule has 2 N–H and O–H groups in total. The van der Waals surface area contributed by atoms with Gasteiger partial charge in [0.1, 0.15) is 0 Å². The highest BCUT2D eigenvalue weighted by molar-refractivity contribution is 5.91. The summed E-state index contributed by atoms with van der Waals surface area (Å²) in [4.78, 5) is 11.5. The van der Waals surface area contributed by atoms with Crippen LogP contribution in [0.3, 0.4) is 0 Å². The Kier molecular flexibility index (Phi) is 6.86. The standard InChI is InChI=1S/C12H15F3N2O.ClH/c1-8-9(12(13,14)15)4-3-5-10(8)17-11(18)6-7-16-2;/h3-5,16H,6-7H2,1-2H3,(H,17,18);1H. The summed E-state index contributed by atoms with van der Waals surface area (Å²) in [5, 5.41) is 5.27. The van der Waals surface area contributed by atoms with Crippen molar-refractivity contribution in [3.8, 4) is 0 Å². The van der Waals surface area contributed by atoms with Gasteiger partial charge in [0.15, 0.2) is 0 Å². The van der Waals surface area contributed by atoms with Crippen LogP contribution in [0.25, 0.3) is 0 Å². The van der Waals surface area contributed by atoms with Crippen molar-refractivity contribution in [3.05, 3.63) is 29.3 Å². The van der Waals surface area contributed by atoms with E-state index in [0.717, 1.165) is 6.07 Å². The molecule has 0 spiro atoms. The van der Waals surface area contributed by atoms with Crippen LogP contribution >= 0.6 is 12.4 Å². The van der Waals surface area contributed by atoms with Crippen molar-refractivity contribution in [2.24, 2.45) is 0 Å². The minimum atomic E-state index is -4.41. The Morgan fingerprint density at radius 3 is 2.47 bits per heavy atom. The van der Waals surface area contributed by atoms with Crippen molar-refractivity contribution >= 4 is 24.0 Å². The van der Waals surface area contributed by atoms with Gasteiger partial charge in [0.2, 0.25) is 5.91 Å². The molecule has 0 fully saturated rings. The topological polar surface area (TPSA) is 41.1 Å². The number of anilines is 1. The van der Waals surface area contributed by atoms with E-state index in [1.807, 2.05) is 0 Å². The average Bonchev–Trinajstić information content (AvgIpc) is 2.27. The minimum absolute atomic E-state index is 0. The summed E-state index contributed by atoms with van der Waals surface area (Å²) in [5.41, 5.74) is -0.498. The molecule has 7 heteroatoms. The summed E-state index contributed by atoms with van der Waals surface area (Å²) in [6.45, 7) is 1.82. The zero-order valence-corrected chi connectivity index (χ0v) is 11.4. The van der Waals surface area contributed by atoms with Crippen molar-refractivity contribution in [1.82, 2.24) is 5.32 Å². The van der Waals surface area contributed by atoms with E-state index in [2.05, 4.69) is 10.6 Å². The number of halogens is 4. The molecule has 0 saturated carbocycles. The molecule has 0 heterocycles. The van der Waals surface area contributed by atoms with Crippen LogP contribution in [0.1, 0.15) is 17.5 Å². The van der Waals surface area contributed by atoms with Crippen LogP contribution in [0.15, 0.2) is 18.2 Å². The van der Waals surface area contributed by atoms with Crippen molar-refractivity contribution in [2.75, 3.05) is 18.9 Å². The number of carbonyl (C=O) groups is 1. The first-order valence-corrected chi connectivity index (χ1v) is 5.47. The van der Waals surface area contributed by atoms with E-state index in [1.165, 1.54) is 19.1 Å². The van der Waals surface area contributed by atoms with Gasteiger partial charge < -0.3 is 10.6 Å². The molecular weight excluding hydrogens is 281 g/mol. The summed E-state index contributed by atoms with van der Waals surface area (Å²) in [7, 11) is 1.70. The van der Waals surface area contributed by atoms with Gasteiger partial charge in [-0.1, -0.05) is 6.07 Å². The normalized spacial score (nSPS) is 10.8. The first kappa shape index (κ1) is 17.7. The number of carbonyl (C=O) groups excluding carboxylic acids is 1.